The first kappa shape index (κ1) is 25.7. The Morgan fingerprint density at radius 2 is 1.63 bits per heavy atom. The average molecular weight is 549 g/mol. The van der Waals surface area contributed by atoms with Crippen LogP contribution in [0.3, 0.4) is 0 Å². The molecule has 38 heavy (non-hydrogen) atoms. The number of thiophene rings is 1. The first-order valence-corrected chi connectivity index (χ1v) is 13.8. The Morgan fingerprint density at radius 3 is 2.21 bits per heavy atom. The molecule has 0 aliphatic carbocycles. The number of hydrogen-bond donors (Lipinski definition) is 1. The molecule has 1 fully saturated rings. The van der Waals surface area contributed by atoms with Crippen molar-refractivity contribution < 1.29 is 28.7 Å². The molecule has 3 aromatic rings. The number of nitrogens with zero attached hydrogens (tertiary/aromatic N) is 1. The third kappa shape index (κ3) is 5.09. The summed E-state index contributed by atoms with van der Waals surface area (Å²) in [5.74, 6) is -2.16. The summed E-state index contributed by atoms with van der Waals surface area (Å²) in [7, 11) is 1.22. The minimum atomic E-state index is -0.815. The predicted octanol–water partition coefficient (Wildman–Crippen LogP) is 3.45. The van der Waals surface area contributed by atoms with Crippen molar-refractivity contribution in [2.45, 2.75) is 23.9 Å². The Bertz CT molecular complexity index is 1340. The fourth-order valence-corrected chi connectivity index (χ4v) is 6.46. The van der Waals surface area contributed by atoms with Gasteiger partial charge in [-0.25, -0.2) is 9.59 Å². The molecule has 194 valence electrons. The van der Waals surface area contributed by atoms with Crippen LogP contribution in [-0.2, 0) is 35.1 Å². The number of β-lactam (4-membered cyclic amide) rings is 1. The van der Waals surface area contributed by atoms with Gasteiger partial charge < -0.3 is 14.8 Å². The van der Waals surface area contributed by atoms with Gasteiger partial charge in [-0.05, 0) is 22.6 Å². The number of methoxy groups -OCH3 is 1. The summed E-state index contributed by atoms with van der Waals surface area (Å²) >= 11 is 2.74. The number of carbonyl (C=O) groups is 4. The quantitative estimate of drug-likeness (QED) is 0.340. The summed E-state index contributed by atoms with van der Waals surface area (Å²) in [5, 5.41) is 4.11. The van der Waals surface area contributed by atoms with E-state index in [1.807, 2.05) is 78.2 Å². The van der Waals surface area contributed by atoms with Crippen LogP contribution in [0.15, 0.2) is 89.4 Å². The standard InChI is InChI=1S/C28H24N2O6S2/c1-35-27(33)20-16-38-26-22(29-21(31)15-19-13-8-14-37-19)25(32)30(26)23(20)28(34)36-24(17-9-4-2-5-10-17)18-11-6-3-7-12-18/h2-14,22,24,26H,15-16H2,1H3,(H,29,31)/t22?,26-/m1/s1. The van der Waals surface area contributed by atoms with Crippen molar-refractivity contribution in [1.82, 2.24) is 10.2 Å². The summed E-state index contributed by atoms with van der Waals surface area (Å²) in [4.78, 5) is 54.2. The van der Waals surface area contributed by atoms with E-state index in [4.69, 9.17) is 9.47 Å². The number of ether oxygens (including phenoxy) is 2. The van der Waals surface area contributed by atoms with Gasteiger partial charge >= 0.3 is 11.9 Å². The minimum Gasteiger partial charge on any atom is -0.466 e. The van der Waals surface area contributed by atoms with Crippen molar-refractivity contribution in [3.63, 3.8) is 0 Å². The first-order chi connectivity index (χ1) is 18.5. The van der Waals surface area contributed by atoms with Gasteiger partial charge in [-0.15, -0.1) is 23.1 Å². The molecule has 8 nitrogen and oxygen atoms in total. The van der Waals surface area contributed by atoms with E-state index in [1.54, 1.807) is 0 Å². The zero-order valence-electron chi connectivity index (χ0n) is 20.4. The summed E-state index contributed by atoms with van der Waals surface area (Å²) < 4.78 is 10.9. The van der Waals surface area contributed by atoms with Crippen molar-refractivity contribution in [1.29, 1.82) is 0 Å². The highest BCUT2D eigenvalue weighted by Crippen LogP contribution is 2.42. The molecular weight excluding hydrogens is 524 g/mol. The van der Waals surface area contributed by atoms with Crippen LogP contribution in [0.25, 0.3) is 0 Å². The van der Waals surface area contributed by atoms with Crippen molar-refractivity contribution in [3.05, 3.63) is 105 Å². The van der Waals surface area contributed by atoms with Crippen LogP contribution >= 0.6 is 23.1 Å². The van der Waals surface area contributed by atoms with Crippen LogP contribution in [0.1, 0.15) is 22.1 Å². The number of hydrogen-bond acceptors (Lipinski definition) is 8. The average Bonchev–Trinajstić information content (AvgIpc) is 3.47. The molecule has 2 aromatic carbocycles. The predicted molar refractivity (Wildman–Crippen MR) is 143 cm³/mol. The molecule has 2 amide bonds. The monoisotopic (exact) mass is 548 g/mol. The lowest BCUT2D eigenvalue weighted by molar-refractivity contribution is -0.155. The minimum absolute atomic E-state index is 0.0512. The molecule has 0 radical (unpaired) electrons. The number of esters is 2. The highest BCUT2D eigenvalue weighted by molar-refractivity contribution is 8.00. The second-order valence-corrected chi connectivity index (χ2v) is 10.8. The van der Waals surface area contributed by atoms with E-state index < -0.39 is 35.4 Å². The lowest BCUT2D eigenvalue weighted by atomic mass is 10.0. The fourth-order valence-electron chi connectivity index (χ4n) is 4.43. The fraction of sp³-hybridized carbons (Fsp3) is 0.214. The number of benzene rings is 2. The molecule has 5 rings (SSSR count). The van der Waals surface area contributed by atoms with E-state index >= 15 is 0 Å². The maximum atomic E-state index is 13.7. The highest BCUT2D eigenvalue weighted by atomic mass is 32.2. The van der Waals surface area contributed by atoms with Crippen LogP contribution in [0.5, 0.6) is 0 Å². The summed E-state index contributed by atoms with van der Waals surface area (Å²) in [6, 6.07) is 21.3. The molecule has 2 aliphatic heterocycles. The van der Waals surface area contributed by atoms with Crippen molar-refractivity contribution in [2.24, 2.45) is 0 Å². The second kappa shape index (κ2) is 11.2. The van der Waals surface area contributed by atoms with E-state index in [9.17, 15) is 19.2 Å². The van der Waals surface area contributed by atoms with E-state index in [2.05, 4.69) is 5.32 Å². The Balaban J connectivity index is 1.41. The lowest BCUT2D eigenvalue weighted by Gasteiger charge is -2.49. The zero-order valence-corrected chi connectivity index (χ0v) is 22.0. The smallest absolute Gasteiger partial charge is 0.356 e. The molecule has 1 unspecified atom stereocenters. The summed E-state index contributed by atoms with van der Waals surface area (Å²) in [5.41, 5.74) is 1.38. The molecule has 1 saturated heterocycles. The molecule has 10 heteroatoms. The lowest BCUT2D eigenvalue weighted by Crippen LogP contribution is -2.71. The van der Waals surface area contributed by atoms with Crippen LogP contribution in [0, 0.1) is 0 Å². The molecular formula is C28H24N2O6S2. The number of nitrogens with one attached hydrogen (secondary N) is 1. The van der Waals surface area contributed by atoms with Gasteiger partial charge in [0.05, 0.1) is 19.1 Å². The molecule has 0 spiro atoms. The van der Waals surface area contributed by atoms with Gasteiger partial charge in [-0.1, -0.05) is 66.7 Å². The largest absolute Gasteiger partial charge is 0.466 e. The second-order valence-electron chi connectivity index (χ2n) is 8.64. The van der Waals surface area contributed by atoms with E-state index in [-0.39, 0.29) is 29.4 Å². The van der Waals surface area contributed by atoms with E-state index in [0.29, 0.717) is 0 Å². The normalized spacial score (nSPS) is 18.5. The first-order valence-electron chi connectivity index (χ1n) is 11.9. The Labute approximate surface area is 227 Å². The highest BCUT2D eigenvalue weighted by Gasteiger charge is 2.55. The molecule has 3 heterocycles. The van der Waals surface area contributed by atoms with Crippen molar-refractivity contribution in [2.75, 3.05) is 12.9 Å². The molecule has 0 bridgehead atoms. The van der Waals surface area contributed by atoms with Gasteiger partial charge in [0.2, 0.25) is 5.91 Å². The van der Waals surface area contributed by atoms with Gasteiger partial charge in [0, 0.05) is 10.6 Å². The SMILES string of the molecule is COC(=O)C1=C(C(=O)OC(c2ccccc2)c2ccccc2)N2C(=O)C(NC(=O)Cc3cccs3)[C@H]2SC1. The van der Waals surface area contributed by atoms with Gasteiger partial charge in [0.15, 0.2) is 6.10 Å². The maximum absolute atomic E-state index is 13.7. The molecule has 1 aromatic heterocycles. The van der Waals surface area contributed by atoms with Crippen LogP contribution in [0.4, 0.5) is 0 Å². The van der Waals surface area contributed by atoms with Crippen molar-refractivity contribution in [3.8, 4) is 0 Å². The number of carbonyl (C=O) groups excluding carboxylic acids is 4. The number of amides is 2. The van der Waals surface area contributed by atoms with Crippen LogP contribution in [0.2, 0.25) is 0 Å². The van der Waals surface area contributed by atoms with Crippen LogP contribution < -0.4 is 5.32 Å². The van der Waals surface area contributed by atoms with E-state index in [0.717, 1.165) is 16.0 Å². The summed E-state index contributed by atoms with van der Waals surface area (Å²) in [6.07, 6.45) is -0.602. The van der Waals surface area contributed by atoms with Gasteiger partial charge in [0.1, 0.15) is 17.1 Å². The van der Waals surface area contributed by atoms with Gasteiger partial charge in [-0.2, -0.15) is 0 Å². The van der Waals surface area contributed by atoms with E-state index in [1.165, 1.54) is 35.1 Å². The van der Waals surface area contributed by atoms with Crippen molar-refractivity contribution >= 4 is 46.9 Å². The van der Waals surface area contributed by atoms with Gasteiger partial charge in [0.25, 0.3) is 5.91 Å². The zero-order chi connectivity index (χ0) is 26.6. The third-order valence-electron chi connectivity index (χ3n) is 6.25. The van der Waals surface area contributed by atoms with Crippen LogP contribution in [-0.4, -0.2) is 52.9 Å². The van der Waals surface area contributed by atoms with Gasteiger partial charge in [-0.3, -0.25) is 14.5 Å². The number of thioether (sulfide) groups is 1. The molecule has 0 saturated carbocycles. The third-order valence-corrected chi connectivity index (χ3v) is 8.41. The Kier molecular flexibility index (Phi) is 7.62. The number of rotatable bonds is 8. The number of fused-ring (bicyclic) bond motifs is 1. The maximum Gasteiger partial charge on any atom is 0.356 e. The Morgan fingerprint density at radius 1 is 0.974 bits per heavy atom. The molecule has 2 aliphatic rings. The molecule has 1 N–H and O–H groups in total. The molecule has 2 atom stereocenters. The summed E-state index contributed by atoms with van der Waals surface area (Å²) in [6.45, 7) is 0. The topological polar surface area (TPSA) is 102 Å². The Hall–Kier alpha value is -3.89.